The molecule has 5 nitrogen and oxygen atoms in total. The van der Waals surface area contributed by atoms with Crippen molar-refractivity contribution in [2.24, 2.45) is 0 Å². The van der Waals surface area contributed by atoms with E-state index in [0.717, 1.165) is 10.8 Å². The van der Waals surface area contributed by atoms with E-state index in [9.17, 15) is 4.79 Å². The van der Waals surface area contributed by atoms with Gasteiger partial charge in [-0.05, 0) is 6.92 Å². The number of urea groups is 1. The summed E-state index contributed by atoms with van der Waals surface area (Å²) in [7, 11) is 3.43. The molecule has 0 aliphatic rings. The normalized spacial score (nSPS) is 9.80. The third kappa shape index (κ3) is 4.16. The number of nitrogens with one attached hydrogen (secondary N) is 2. The van der Waals surface area contributed by atoms with E-state index < -0.39 is 0 Å². The highest BCUT2D eigenvalue weighted by Crippen LogP contribution is 2.13. The molecule has 6 heteroatoms. The van der Waals surface area contributed by atoms with Gasteiger partial charge in [-0.25, -0.2) is 9.78 Å². The van der Waals surface area contributed by atoms with E-state index >= 15 is 0 Å². The minimum atomic E-state index is -0.0767. The van der Waals surface area contributed by atoms with Gasteiger partial charge in [0.05, 0.1) is 5.69 Å². The Morgan fingerprint density at radius 3 is 2.80 bits per heavy atom. The van der Waals surface area contributed by atoms with Gasteiger partial charge in [-0.3, -0.25) is 0 Å². The first-order valence-corrected chi connectivity index (χ1v) is 5.58. The van der Waals surface area contributed by atoms with Crippen LogP contribution in [-0.4, -0.2) is 43.1 Å². The van der Waals surface area contributed by atoms with Crippen LogP contribution in [-0.2, 0) is 0 Å². The maximum atomic E-state index is 11.1. The molecule has 0 atom stereocenters. The maximum Gasteiger partial charge on any atom is 0.316 e. The fraction of sp³-hybridized carbons (Fsp3) is 0.556. The molecule has 1 aromatic heterocycles. The van der Waals surface area contributed by atoms with Crippen LogP contribution >= 0.6 is 11.3 Å². The first-order valence-electron chi connectivity index (χ1n) is 4.70. The van der Waals surface area contributed by atoms with Crippen LogP contribution in [0, 0.1) is 6.92 Å². The Kier molecular flexibility index (Phi) is 4.36. The molecular weight excluding hydrogens is 212 g/mol. The number of hydrogen-bond acceptors (Lipinski definition) is 4. The molecule has 0 aliphatic carbocycles. The Labute approximate surface area is 93.5 Å². The molecule has 0 fully saturated rings. The number of nitrogens with zero attached hydrogens (tertiary/aromatic N) is 2. The molecule has 0 saturated carbocycles. The summed E-state index contributed by atoms with van der Waals surface area (Å²) < 4.78 is 0. The second-order valence-corrected chi connectivity index (χ2v) is 4.21. The topological polar surface area (TPSA) is 57.3 Å². The molecule has 1 rings (SSSR count). The molecule has 0 bridgehead atoms. The van der Waals surface area contributed by atoms with Crippen molar-refractivity contribution in [2.45, 2.75) is 6.92 Å². The van der Waals surface area contributed by atoms with E-state index in [-0.39, 0.29) is 6.03 Å². The van der Waals surface area contributed by atoms with E-state index in [1.165, 1.54) is 4.90 Å². The number of thiazole rings is 1. The third-order valence-electron chi connectivity index (χ3n) is 1.70. The number of carbonyl (C=O) groups excluding carboxylic acids is 1. The largest absolute Gasteiger partial charge is 0.360 e. The van der Waals surface area contributed by atoms with Crippen LogP contribution in [0.4, 0.5) is 9.93 Å². The molecule has 1 aromatic rings. The number of carbonyl (C=O) groups is 1. The van der Waals surface area contributed by atoms with E-state index in [1.807, 2.05) is 12.3 Å². The van der Waals surface area contributed by atoms with Crippen molar-refractivity contribution >= 4 is 22.5 Å². The summed E-state index contributed by atoms with van der Waals surface area (Å²) in [5.74, 6) is 0. The molecule has 1 heterocycles. The molecule has 2 amide bonds. The second kappa shape index (κ2) is 5.55. The lowest BCUT2D eigenvalue weighted by molar-refractivity contribution is 0.218. The Hall–Kier alpha value is -1.30. The Bertz CT molecular complexity index is 324. The first-order chi connectivity index (χ1) is 7.09. The summed E-state index contributed by atoms with van der Waals surface area (Å²) in [6.07, 6.45) is 0. The minimum Gasteiger partial charge on any atom is -0.360 e. The van der Waals surface area contributed by atoms with Crippen molar-refractivity contribution in [1.82, 2.24) is 15.2 Å². The summed E-state index contributed by atoms with van der Waals surface area (Å²) in [6.45, 7) is 3.23. The molecule has 0 aromatic carbocycles. The molecule has 2 N–H and O–H groups in total. The van der Waals surface area contributed by atoms with E-state index in [1.54, 1.807) is 25.4 Å². The zero-order chi connectivity index (χ0) is 11.3. The van der Waals surface area contributed by atoms with Gasteiger partial charge in [0, 0.05) is 32.6 Å². The van der Waals surface area contributed by atoms with Gasteiger partial charge >= 0.3 is 6.03 Å². The number of aryl methyl sites for hydroxylation is 1. The fourth-order valence-corrected chi connectivity index (χ4v) is 1.65. The van der Waals surface area contributed by atoms with E-state index in [0.29, 0.717) is 13.1 Å². The Morgan fingerprint density at radius 2 is 2.27 bits per heavy atom. The van der Waals surface area contributed by atoms with Gasteiger partial charge in [0.1, 0.15) is 0 Å². The van der Waals surface area contributed by atoms with Gasteiger partial charge in [0.2, 0.25) is 0 Å². The van der Waals surface area contributed by atoms with Crippen molar-refractivity contribution in [3.05, 3.63) is 11.1 Å². The number of anilines is 1. The standard InChI is InChI=1S/C9H16N4OS/c1-7-6-15-8(12-7)10-4-5-11-9(14)13(2)3/h6H,4-5H2,1-3H3,(H,10,12)(H,11,14). The average molecular weight is 228 g/mol. The number of rotatable bonds is 4. The van der Waals surface area contributed by atoms with Crippen molar-refractivity contribution < 1.29 is 4.79 Å². The highest BCUT2D eigenvalue weighted by molar-refractivity contribution is 7.13. The van der Waals surface area contributed by atoms with E-state index in [2.05, 4.69) is 15.6 Å². The summed E-state index contributed by atoms with van der Waals surface area (Å²) >= 11 is 1.57. The van der Waals surface area contributed by atoms with Crippen LogP contribution < -0.4 is 10.6 Å². The van der Waals surface area contributed by atoms with Crippen LogP contribution in [0.15, 0.2) is 5.38 Å². The SMILES string of the molecule is Cc1csc(NCCNC(=O)N(C)C)n1. The molecule has 0 spiro atoms. The number of hydrogen-bond donors (Lipinski definition) is 2. The van der Waals surface area contributed by atoms with Crippen LogP contribution in [0.2, 0.25) is 0 Å². The summed E-state index contributed by atoms with van der Waals surface area (Å²) in [6, 6.07) is -0.0767. The van der Waals surface area contributed by atoms with Crippen molar-refractivity contribution in [3.8, 4) is 0 Å². The monoisotopic (exact) mass is 228 g/mol. The predicted octanol–water partition coefficient (Wildman–Crippen LogP) is 1.13. The molecule has 15 heavy (non-hydrogen) atoms. The van der Waals surface area contributed by atoms with Gasteiger partial charge in [0.15, 0.2) is 5.13 Å². The first kappa shape index (κ1) is 11.8. The van der Waals surface area contributed by atoms with Crippen molar-refractivity contribution in [2.75, 3.05) is 32.5 Å². The van der Waals surface area contributed by atoms with Gasteiger partial charge < -0.3 is 15.5 Å². The summed E-state index contributed by atoms with van der Waals surface area (Å²) in [4.78, 5) is 16.9. The maximum absolute atomic E-state index is 11.1. The quantitative estimate of drug-likeness (QED) is 0.760. The second-order valence-electron chi connectivity index (χ2n) is 3.35. The molecular formula is C9H16N4OS. The predicted molar refractivity (Wildman–Crippen MR) is 62.4 cm³/mol. The third-order valence-corrected chi connectivity index (χ3v) is 2.62. The number of aromatic nitrogens is 1. The smallest absolute Gasteiger partial charge is 0.316 e. The van der Waals surface area contributed by atoms with Crippen molar-refractivity contribution in [1.29, 1.82) is 0 Å². The van der Waals surface area contributed by atoms with E-state index in [4.69, 9.17) is 0 Å². The van der Waals surface area contributed by atoms with Crippen LogP contribution in [0.25, 0.3) is 0 Å². The summed E-state index contributed by atoms with van der Waals surface area (Å²) in [5, 5.41) is 8.78. The molecule has 0 unspecified atom stereocenters. The molecule has 0 saturated heterocycles. The minimum absolute atomic E-state index is 0.0767. The van der Waals surface area contributed by atoms with Crippen LogP contribution in [0.1, 0.15) is 5.69 Å². The summed E-state index contributed by atoms with van der Waals surface area (Å²) in [5.41, 5.74) is 1.01. The molecule has 0 aliphatic heterocycles. The highest BCUT2D eigenvalue weighted by atomic mass is 32.1. The number of amides is 2. The van der Waals surface area contributed by atoms with Crippen LogP contribution in [0.5, 0.6) is 0 Å². The van der Waals surface area contributed by atoms with Gasteiger partial charge in [-0.1, -0.05) is 0 Å². The zero-order valence-corrected chi connectivity index (χ0v) is 10.0. The lowest BCUT2D eigenvalue weighted by atomic mass is 10.6. The highest BCUT2D eigenvalue weighted by Gasteiger charge is 2.01. The average Bonchev–Trinajstić information content (AvgIpc) is 2.58. The Morgan fingerprint density at radius 1 is 1.53 bits per heavy atom. The van der Waals surface area contributed by atoms with Crippen LogP contribution in [0.3, 0.4) is 0 Å². The zero-order valence-electron chi connectivity index (χ0n) is 9.20. The Balaban J connectivity index is 2.15. The fourth-order valence-electron chi connectivity index (χ4n) is 0.932. The van der Waals surface area contributed by atoms with Crippen molar-refractivity contribution in [3.63, 3.8) is 0 Å². The van der Waals surface area contributed by atoms with Gasteiger partial charge in [-0.2, -0.15) is 0 Å². The van der Waals surface area contributed by atoms with Gasteiger partial charge in [-0.15, -0.1) is 11.3 Å². The lowest BCUT2D eigenvalue weighted by Gasteiger charge is -2.11. The lowest BCUT2D eigenvalue weighted by Crippen LogP contribution is -2.37. The molecule has 0 radical (unpaired) electrons. The molecule has 84 valence electrons. The van der Waals surface area contributed by atoms with Gasteiger partial charge in [0.25, 0.3) is 0 Å².